The van der Waals surface area contributed by atoms with Crippen molar-refractivity contribution in [1.29, 1.82) is 0 Å². The Hall–Kier alpha value is 1.96. The molecule has 0 saturated carbocycles. The molecule has 0 rings (SSSR count). The van der Waals surface area contributed by atoms with Crippen LogP contribution in [0.1, 0.15) is 0 Å². The maximum atomic E-state index is 0. The summed E-state index contributed by atoms with van der Waals surface area (Å²) in [5, 5.41) is 0. The molecule has 0 amide bonds. The molecular weight excluding hydrogens is 270 g/mol. The molecule has 0 bridgehead atoms. The molecule has 0 aliphatic heterocycles. The topological polar surface area (TPSA) is 85.5 Å². The summed E-state index contributed by atoms with van der Waals surface area (Å²) in [4.78, 5) is 0. The van der Waals surface area contributed by atoms with Crippen molar-refractivity contribution in [1.82, 2.24) is 0 Å². The average Bonchev–Trinajstić information content (AvgIpc) is 0. The van der Waals surface area contributed by atoms with Crippen LogP contribution in [0.2, 0.25) is 0 Å². The quantitative estimate of drug-likeness (QED) is 0.538. The first-order valence-corrected chi connectivity index (χ1v) is 0. The van der Waals surface area contributed by atoms with Crippen molar-refractivity contribution in [2.75, 3.05) is 0 Å². The predicted octanol–water partition coefficient (Wildman–Crippen LogP) is -0.366. The van der Waals surface area contributed by atoms with Crippen LogP contribution in [0.3, 0.4) is 0 Å². The van der Waals surface area contributed by atoms with Crippen molar-refractivity contribution in [3.63, 3.8) is 0 Å². The normalized spacial score (nSPS) is 0. The molecule has 48 valence electrons. The first-order chi connectivity index (χ1) is 0. The number of hydrogen-bond donors (Lipinski definition) is 0. The van der Waals surface area contributed by atoms with Crippen molar-refractivity contribution >= 4 is 0 Å². The second kappa shape index (κ2) is 101. The number of rotatable bonds is 0. The van der Waals surface area contributed by atoms with E-state index in [9.17, 15) is 0 Å². The zero-order chi connectivity index (χ0) is 0. The molecule has 0 aromatic carbocycles. The van der Waals surface area contributed by atoms with Crippen LogP contribution in [-0.4, -0.2) is 0 Å². The molecule has 0 aromatic heterocycles. The average molecular weight is 270 g/mol. The number of hydrogen-bond acceptors (Lipinski definition) is 0. The van der Waals surface area contributed by atoms with Crippen LogP contribution in [0.4, 0.5) is 0 Å². The fourth-order valence-corrected chi connectivity index (χ4v) is 0. The molecule has 0 heterocycles. The van der Waals surface area contributed by atoms with Gasteiger partial charge in [-0.05, 0) is 0 Å². The summed E-state index contributed by atoms with van der Waals surface area (Å²) in [7, 11) is 0. The van der Waals surface area contributed by atoms with Gasteiger partial charge in [-0.15, -0.1) is 0 Å². The van der Waals surface area contributed by atoms with Crippen LogP contribution in [-0.2, 0) is 84.7 Å². The third-order valence-electron chi connectivity index (χ3n) is 0. The van der Waals surface area contributed by atoms with E-state index in [1.165, 1.54) is 0 Å². The van der Waals surface area contributed by atoms with Gasteiger partial charge in [0.1, 0.15) is 0 Å². The predicted molar refractivity (Wildman–Crippen MR) is 2.06 cm³/mol. The Labute approximate surface area is 84.2 Å². The van der Waals surface area contributed by atoms with Crippen molar-refractivity contribution in [2.24, 2.45) is 0 Å². The standard InChI is InChI=1S/2Fe.2Mn.3O/q2*+3;;;3*-2. The van der Waals surface area contributed by atoms with E-state index in [1.807, 2.05) is 0 Å². The van der Waals surface area contributed by atoms with Gasteiger partial charge in [0, 0.05) is 34.1 Å². The minimum Gasteiger partial charge on any atom is -2.00 e. The second-order valence-corrected chi connectivity index (χ2v) is 0. The molecule has 0 spiro atoms. The zero-order valence-electron chi connectivity index (χ0n) is 2.69. The monoisotopic (exact) mass is 270 g/mol. The molecule has 7 heavy (non-hydrogen) atoms. The summed E-state index contributed by atoms with van der Waals surface area (Å²) in [6.45, 7) is 0. The SMILES string of the molecule is [Fe+3].[Fe+3].[Mn].[Mn].[O-2].[O-2].[O-2]. The van der Waals surface area contributed by atoms with Gasteiger partial charge in [-0.2, -0.15) is 0 Å². The minimum atomic E-state index is 0. The summed E-state index contributed by atoms with van der Waals surface area (Å²) in [6, 6.07) is 0. The van der Waals surface area contributed by atoms with E-state index in [4.69, 9.17) is 0 Å². The molecule has 0 aromatic rings. The van der Waals surface area contributed by atoms with E-state index in [0.29, 0.717) is 0 Å². The summed E-state index contributed by atoms with van der Waals surface area (Å²) < 4.78 is 0. The van der Waals surface area contributed by atoms with Crippen LogP contribution in [0.15, 0.2) is 0 Å². The van der Waals surface area contributed by atoms with E-state index in [0.717, 1.165) is 0 Å². The smallest absolute Gasteiger partial charge is 2.00 e. The summed E-state index contributed by atoms with van der Waals surface area (Å²) >= 11 is 0. The van der Waals surface area contributed by atoms with E-state index in [-0.39, 0.29) is 84.7 Å². The Morgan fingerprint density at radius 1 is 0.429 bits per heavy atom. The molecule has 0 aliphatic rings. The summed E-state index contributed by atoms with van der Waals surface area (Å²) in [6.07, 6.45) is 0. The first kappa shape index (κ1) is 148. The summed E-state index contributed by atoms with van der Waals surface area (Å²) in [5.74, 6) is 0. The van der Waals surface area contributed by atoms with Gasteiger partial charge in [0.05, 0.1) is 0 Å². The fraction of sp³-hybridized carbons (Fsp3) is 0. The van der Waals surface area contributed by atoms with Gasteiger partial charge in [0.15, 0.2) is 0 Å². The Bertz CT molecular complexity index is 10.9. The maximum absolute atomic E-state index is 0. The zero-order valence-corrected chi connectivity index (χ0v) is 7.26. The Morgan fingerprint density at radius 3 is 0.429 bits per heavy atom. The van der Waals surface area contributed by atoms with Crippen LogP contribution < -0.4 is 0 Å². The van der Waals surface area contributed by atoms with Crippen LogP contribution in [0, 0.1) is 0 Å². The molecule has 0 atom stereocenters. The van der Waals surface area contributed by atoms with Gasteiger partial charge in [-0.25, -0.2) is 0 Å². The van der Waals surface area contributed by atoms with E-state index < -0.39 is 0 Å². The van der Waals surface area contributed by atoms with Crippen LogP contribution in [0.25, 0.3) is 0 Å². The molecule has 4 radical (unpaired) electrons. The third-order valence-corrected chi connectivity index (χ3v) is 0. The molecule has 3 nitrogen and oxygen atoms in total. The van der Waals surface area contributed by atoms with Gasteiger partial charge < -0.3 is 16.4 Å². The third kappa shape index (κ3) is 73.7. The second-order valence-electron chi connectivity index (χ2n) is 0. The molecule has 0 saturated heterocycles. The van der Waals surface area contributed by atoms with Gasteiger partial charge in [0.2, 0.25) is 0 Å². The maximum Gasteiger partial charge on any atom is 3.00 e. The van der Waals surface area contributed by atoms with Crippen LogP contribution in [0.5, 0.6) is 0 Å². The van der Waals surface area contributed by atoms with Gasteiger partial charge in [-0.3, -0.25) is 0 Å². The van der Waals surface area contributed by atoms with E-state index >= 15 is 0 Å². The van der Waals surface area contributed by atoms with Crippen LogP contribution >= 0.6 is 0 Å². The minimum absolute atomic E-state index is 0. The van der Waals surface area contributed by atoms with Gasteiger partial charge in [0.25, 0.3) is 0 Å². The molecule has 0 N–H and O–H groups in total. The molecule has 0 unspecified atom stereocenters. The van der Waals surface area contributed by atoms with Crippen molar-refractivity contribution in [2.45, 2.75) is 0 Å². The van der Waals surface area contributed by atoms with Gasteiger partial charge in [-0.1, -0.05) is 0 Å². The van der Waals surface area contributed by atoms with E-state index in [1.54, 1.807) is 0 Å². The molecule has 0 fully saturated rings. The first-order valence-electron chi connectivity index (χ1n) is 0. The van der Waals surface area contributed by atoms with Crippen molar-refractivity contribution < 1.29 is 84.7 Å². The van der Waals surface area contributed by atoms with Gasteiger partial charge >= 0.3 is 34.1 Å². The van der Waals surface area contributed by atoms with E-state index in [2.05, 4.69) is 0 Å². The molecule has 7 heteroatoms. The molecular formula is Fe2Mn2O3. The largest absolute Gasteiger partial charge is 3.00 e. The summed E-state index contributed by atoms with van der Waals surface area (Å²) in [5.41, 5.74) is 0. The van der Waals surface area contributed by atoms with Crippen molar-refractivity contribution in [3.8, 4) is 0 Å². The van der Waals surface area contributed by atoms with Crippen molar-refractivity contribution in [3.05, 3.63) is 0 Å². The molecule has 0 aliphatic carbocycles. The Morgan fingerprint density at radius 2 is 0.429 bits per heavy atom. The fourth-order valence-electron chi connectivity index (χ4n) is 0. The Kier molecular flexibility index (Phi) is 2120. The Balaban J connectivity index is 0.